The van der Waals surface area contributed by atoms with Gasteiger partial charge in [0.25, 0.3) is 0 Å². The summed E-state index contributed by atoms with van der Waals surface area (Å²) in [5.74, 6) is 0.278. The summed E-state index contributed by atoms with van der Waals surface area (Å²) in [6.07, 6.45) is 3.96. The Morgan fingerprint density at radius 2 is 1.81 bits per heavy atom. The Morgan fingerprint density at radius 3 is 2.52 bits per heavy atom. The summed E-state index contributed by atoms with van der Waals surface area (Å²) in [4.78, 5) is 26.5. The summed E-state index contributed by atoms with van der Waals surface area (Å²) >= 11 is 0. The van der Waals surface area contributed by atoms with Gasteiger partial charge in [0.1, 0.15) is 12.3 Å². The van der Waals surface area contributed by atoms with Gasteiger partial charge in [-0.1, -0.05) is 43.3 Å². The lowest BCUT2D eigenvalue weighted by atomic mass is 10.2. The second kappa shape index (κ2) is 10.2. The predicted octanol–water partition coefficient (Wildman–Crippen LogP) is 3.89. The van der Waals surface area contributed by atoms with Crippen molar-refractivity contribution in [3.63, 3.8) is 0 Å². The molecule has 0 heterocycles. The van der Waals surface area contributed by atoms with Crippen molar-refractivity contribution in [3.8, 4) is 5.75 Å². The Bertz CT molecular complexity index is 815. The third kappa shape index (κ3) is 5.99. The molecule has 0 aliphatic rings. The zero-order valence-corrected chi connectivity index (χ0v) is 16.1. The number of anilines is 1. The second-order valence-electron chi connectivity index (χ2n) is 6.20. The number of carbonyl (C=O) groups is 2. The fourth-order valence-corrected chi connectivity index (χ4v) is 2.68. The highest BCUT2D eigenvalue weighted by Crippen LogP contribution is 2.19. The standard InChI is InChI=1S/C22H26N2O3/c1-4-15-24(16-21(25)23-19-11-7-5-9-17(19)2)22(26)14-13-18-10-6-8-12-20(18)27-3/h5-14H,4,15-16H2,1-3H3,(H,23,25). The van der Waals surface area contributed by atoms with Crippen LogP contribution in [0.5, 0.6) is 5.75 Å². The molecule has 2 aromatic rings. The minimum atomic E-state index is -0.211. The zero-order chi connectivity index (χ0) is 19.6. The van der Waals surface area contributed by atoms with Gasteiger partial charge in [-0.2, -0.15) is 0 Å². The molecule has 5 nitrogen and oxygen atoms in total. The number of hydrogen-bond acceptors (Lipinski definition) is 3. The van der Waals surface area contributed by atoms with Gasteiger partial charge in [-0.3, -0.25) is 9.59 Å². The van der Waals surface area contributed by atoms with Gasteiger partial charge in [0.15, 0.2) is 0 Å². The van der Waals surface area contributed by atoms with Gasteiger partial charge >= 0.3 is 0 Å². The minimum Gasteiger partial charge on any atom is -0.496 e. The smallest absolute Gasteiger partial charge is 0.247 e. The lowest BCUT2D eigenvalue weighted by Gasteiger charge is -2.20. The van der Waals surface area contributed by atoms with Crippen molar-refractivity contribution in [2.75, 3.05) is 25.5 Å². The maximum absolute atomic E-state index is 12.6. The van der Waals surface area contributed by atoms with Crippen molar-refractivity contribution < 1.29 is 14.3 Å². The van der Waals surface area contributed by atoms with E-state index < -0.39 is 0 Å². The minimum absolute atomic E-state index is 0.0112. The lowest BCUT2D eigenvalue weighted by Crippen LogP contribution is -2.37. The lowest BCUT2D eigenvalue weighted by molar-refractivity contribution is -0.130. The summed E-state index contributed by atoms with van der Waals surface area (Å²) in [6.45, 7) is 4.43. The van der Waals surface area contributed by atoms with Crippen LogP contribution >= 0.6 is 0 Å². The third-order valence-corrected chi connectivity index (χ3v) is 4.10. The van der Waals surface area contributed by atoms with E-state index in [1.165, 1.54) is 6.08 Å². The van der Waals surface area contributed by atoms with E-state index in [1.807, 2.05) is 62.4 Å². The molecule has 142 valence electrons. The van der Waals surface area contributed by atoms with Crippen molar-refractivity contribution in [1.29, 1.82) is 0 Å². The molecule has 0 fully saturated rings. The summed E-state index contributed by atoms with van der Waals surface area (Å²) < 4.78 is 5.29. The molecule has 0 radical (unpaired) electrons. The van der Waals surface area contributed by atoms with Crippen LogP contribution in [0.3, 0.4) is 0 Å². The molecular formula is C22H26N2O3. The van der Waals surface area contributed by atoms with Gasteiger partial charge in [0.05, 0.1) is 7.11 Å². The zero-order valence-electron chi connectivity index (χ0n) is 16.1. The molecule has 0 aliphatic carbocycles. The van der Waals surface area contributed by atoms with Crippen molar-refractivity contribution in [3.05, 3.63) is 65.7 Å². The average Bonchev–Trinajstić information content (AvgIpc) is 2.67. The van der Waals surface area contributed by atoms with Crippen LogP contribution in [0.2, 0.25) is 0 Å². The van der Waals surface area contributed by atoms with Crippen LogP contribution in [-0.4, -0.2) is 36.9 Å². The topological polar surface area (TPSA) is 58.6 Å². The van der Waals surface area contributed by atoms with Crippen LogP contribution in [0, 0.1) is 6.92 Å². The number of aryl methyl sites for hydroxylation is 1. The molecule has 0 bridgehead atoms. The van der Waals surface area contributed by atoms with Crippen molar-refractivity contribution in [1.82, 2.24) is 4.90 Å². The Morgan fingerprint density at radius 1 is 1.11 bits per heavy atom. The number of hydrogen-bond donors (Lipinski definition) is 1. The van der Waals surface area contributed by atoms with E-state index in [1.54, 1.807) is 18.1 Å². The highest BCUT2D eigenvalue weighted by Gasteiger charge is 2.15. The predicted molar refractivity (Wildman–Crippen MR) is 109 cm³/mol. The van der Waals surface area contributed by atoms with Gasteiger partial charge in [-0.25, -0.2) is 0 Å². The van der Waals surface area contributed by atoms with Crippen molar-refractivity contribution in [2.45, 2.75) is 20.3 Å². The number of benzene rings is 2. The van der Waals surface area contributed by atoms with Crippen LogP contribution in [-0.2, 0) is 9.59 Å². The fourth-order valence-electron chi connectivity index (χ4n) is 2.68. The van der Waals surface area contributed by atoms with Gasteiger partial charge in [0, 0.05) is 23.9 Å². The first-order chi connectivity index (χ1) is 13.0. The first kappa shape index (κ1) is 20.2. The molecule has 0 spiro atoms. The van der Waals surface area contributed by atoms with E-state index in [0.717, 1.165) is 23.2 Å². The summed E-state index contributed by atoms with van der Waals surface area (Å²) in [7, 11) is 1.59. The Hall–Kier alpha value is -3.08. The summed E-state index contributed by atoms with van der Waals surface area (Å²) in [6, 6.07) is 15.0. The highest BCUT2D eigenvalue weighted by molar-refractivity contribution is 5.98. The number of amides is 2. The second-order valence-corrected chi connectivity index (χ2v) is 6.20. The van der Waals surface area contributed by atoms with Gasteiger partial charge in [-0.05, 0) is 37.1 Å². The Balaban J connectivity index is 2.05. The molecule has 1 N–H and O–H groups in total. The summed E-state index contributed by atoms with van der Waals surface area (Å²) in [5.41, 5.74) is 2.56. The van der Waals surface area contributed by atoms with E-state index >= 15 is 0 Å². The molecule has 0 saturated heterocycles. The average molecular weight is 366 g/mol. The number of nitrogens with one attached hydrogen (secondary N) is 1. The normalized spacial score (nSPS) is 10.6. The van der Waals surface area contributed by atoms with Crippen LogP contribution in [0.15, 0.2) is 54.6 Å². The van der Waals surface area contributed by atoms with Gasteiger partial charge in [0.2, 0.25) is 11.8 Å². The van der Waals surface area contributed by atoms with E-state index in [2.05, 4.69) is 5.32 Å². The number of para-hydroxylation sites is 2. The first-order valence-corrected chi connectivity index (χ1v) is 9.00. The molecule has 2 aromatic carbocycles. The van der Waals surface area contributed by atoms with E-state index in [9.17, 15) is 9.59 Å². The van der Waals surface area contributed by atoms with Crippen LogP contribution in [0.4, 0.5) is 5.69 Å². The molecule has 2 rings (SSSR count). The maximum atomic E-state index is 12.6. The molecule has 27 heavy (non-hydrogen) atoms. The van der Waals surface area contributed by atoms with Gasteiger partial charge in [-0.15, -0.1) is 0 Å². The largest absolute Gasteiger partial charge is 0.496 e. The summed E-state index contributed by atoms with van der Waals surface area (Å²) in [5, 5.41) is 2.87. The van der Waals surface area contributed by atoms with Gasteiger partial charge < -0.3 is 15.0 Å². The number of nitrogens with zero attached hydrogens (tertiary/aromatic N) is 1. The Labute approximate surface area is 160 Å². The van der Waals surface area contributed by atoms with E-state index in [4.69, 9.17) is 4.74 Å². The molecule has 0 unspecified atom stereocenters. The SMILES string of the molecule is CCCN(CC(=O)Nc1ccccc1C)C(=O)C=Cc1ccccc1OC. The Kier molecular flexibility index (Phi) is 7.62. The maximum Gasteiger partial charge on any atom is 0.247 e. The van der Waals surface area contributed by atoms with Crippen molar-refractivity contribution in [2.24, 2.45) is 0 Å². The molecule has 0 aliphatic heterocycles. The van der Waals surface area contributed by atoms with Crippen LogP contribution in [0.25, 0.3) is 6.08 Å². The third-order valence-electron chi connectivity index (χ3n) is 4.10. The number of methoxy groups -OCH3 is 1. The van der Waals surface area contributed by atoms with Crippen molar-refractivity contribution >= 4 is 23.6 Å². The fraction of sp³-hybridized carbons (Fsp3) is 0.273. The highest BCUT2D eigenvalue weighted by atomic mass is 16.5. The molecule has 0 atom stereocenters. The monoisotopic (exact) mass is 366 g/mol. The molecule has 0 saturated carbocycles. The molecular weight excluding hydrogens is 340 g/mol. The molecule has 0 aromatic heterocycles. The molecule has 5 heteroatoms. The van der Waals surface area contributed by atoms with E-state index in [-0.39, 0.29) is 18.4 Å². The van der Waals surface area contributed by atoms with Crippen LogP contribution < -0.4 is 10.1 Å². The number of rotatable bonds is 8. The van der Waals surface area contributed by atoms with E-state index in [0.29, 0.717) is 12.3 Å². The first-order valence-electron chi connectivity index (χ1n) is 9.00. The quantitative estimate of drug-likeness (QED) is 0.721. The molecule has 2 amide bonds. The number of ether oxygens (including phenoxy) is 1. The van der Waals surface area contributed by atoms with Crippen LogP contribution in [0.1, 0.15) is 24.5 Å². The number of carbonyl (C=O) groups excluding carboxylic acids is 2.